The minimum atomic E-state index is -1.13. The molecule has 0 saturated heterocycles. The third-order valence-corrected chi connectivity index (χ3v) is 7.09. The number of hydrogen-bond donors (Lipinski definition) is 0. The molecule has 0 aromatic heterocycles. The Balaban J connectivity index is 4.40. The van der Waals surface area contributed by atoms with E-state index in [-0.39, 0.29) is 42.7 Å². The van der Waals surface area contributed by atoms with Crippen LogP contribution < -0.4 is 5.11 Å². The molecular formula is C34H61NO7. The first kappa shape index (κ1) is 39.8. The fourth-order valence-corrected chi connectivity index (χ4v) is 4.44. The van der Waals surface area contributed by atoms with Gasteiger partial charge in [0.15, 0.2) is 6.10 Å². The standard InChI is InChI=1S/C34H61NO7/c1-6-8-10-12-13-14-15-16-17-18-19-20-21-23-25-33(37)42-30(29-41-32(36)24-22-11-9-7-2)28-40-27-26-31(34(38)39)35(3,4)5/h12-13,15-16,30-31H,6-11,14,17-29H2,1-5H3/b13-12-,16-15-. The molecular weight excluding hydrogens is 534 g/mol. The zero-order valence-electron chi connectivity index (χ0n) is 27.4. The number of quaternary nitrogens is 1. The second-order valence-electron chi connectivity index (χ2n) is 12.0. The molecule has 0 aliphatic heterocycles. The second kappa shape index (κ2) is 26.4. The minimum absolute atomic E-state index is 0.0355. The minimum Gasteiger partial charge on any atom is -0.544 e. The highest BCUT2D eigenvalue weighted by Crippen LogP contribution is 2.11. The maximum atomic E-state index is 12.5. The summed E-state index contributed by atoms with van der Waals surface area (Å²) in [6, 6.07) is -0.722. The number of likely N-dealkylation sites (N-methyl/N-ethyl adjacent to an activating group) is 1. The lowest BCUT2D eigenvalue weighted by molar-refractivity contribution is -0.889. The number of carbonyl (C=O) groups is 3. The van der Waals surface area contributed by atoms with E-state index in [4.69, 9.17) is 14.2 Å². The summed E-state index contributed by atoms with van der Waals surface area (Å²) in [5, 5.41) is 11.5. The van der Waals surface area contributed by atoms with Gasteiger partial charge >= 0.3 is 11.9 Å². The van der Waals surface area contributed by atoms with Gasteiger partial charge in [0.1, 0.15) is 12.6 Å². The summed E-state index contributed by atoms with van der Waals surface area (Å²) >= 11 is 0. The van der Waals surface area contributed by atoms with E-state index in [9.17, 15) is 19.5 Å². The number of unbranched alkanes of at least 4 members (excludes halogenated alkanes) is 10. The van der Waals surface area contributed by atoms with Crippen LogP contribution in [0.15, 0.2) is 24.3 Å². The maximum Gasteiger partial charge on any atom is 0.306 e. The number of rotatable bonds is 28. The molecule has 0 spiro atoms. The average molecular weight is 596 g/mol. The van der Waals surface area contributed by atoms with E-state index in [1.165, 1.54) is 19.3 Å². The van der Waals surface area contributed by atoms with Crippen molar-refractivity contribution in [1.82, 2.24) is 0 Å². The molecule has 0 bridgehead atoms. The highest BCUT2D eigenvalue weighted by atomic mass is 16.6. The van der Waals surface area contributed by atoms with Crippen LogP contribution in [0.2, 0.25) is 0 Å². The number of esters is 2. The van der Waals surface area contributed by atoms with Crippen LogP contribution in [-0.4, -0.2) is 75.5 Å². The monoisotopic (exact) mass is 595 g/mol. The van der Waals surface area contributed by atoms with Crippen molar-refractivity contribution in [2.75, 3.05) is 41.0 Å². The van der Waals surface area contributed by atoms with Gasteiger partial charge in [0.25, 0.3) is 0 Å². The lowest BCUT2D eigenvalue weighted by Crippen LogP contribution is -2.55. The molecule has 2 atom stereocenters. The topological polar surface area (TPSA) is 102 Å². The number of ether oxygens (including phenoxy) is 3. The Kier molecular flexibility index (Phi) is 25.1. The van der Waals surface area contributed by atoms with Gasteiger partial charge in [-0.1, -0.05) is 89.5 Å². The number of carboxylic acid groups (broad SMARTS) is 1. The number of aliphatic carboxylic acids is 1. The summed E-state index contributed by atoms with van der Waals surface area (Å²) in [6.07, 6.45) is 23.9. The number of carbonyl (C=O) groups excluding carboxylic acids is 3. The molecule has 0 aromatic carbocycles. The van der Waals surface area contributed by atoms with Crippen LogP contribution in [0.5, 0.6) is 0 Å². The SMILES string of the molecule is CCCC/C=C\C/C=C\CCCCCCCC(=O)OC(COCCC(C(=O)[O-])[N+](C)(C)C)COC(=O)CCCCCC. The van der Waals surface area contributed by atoms with Gasteiger partial charge in [-0.3, -0.25) is 9.59 Å². The number of nitrogens with zero attached hydrogens (tertiary/aromatic N) is 1. The Morgan fingerprint density at radius 3 is 1.90 bits per heavy atom. The van der Waals surface area contributed by atoms with Gasteiger partial charge in [-0.05, 0) is 38.5 Å². The zero-order valence-corrected chi connectivity index (χ0v) is 27.4. The molecule has 0 aliphatic carbocycles. The van der Waals surface area contributed by atoms with E-state index in [1.807, 2.05) is 0 Å². The maximum absolute atomic E-state index is 12.5. The highest BCUT2D eigenvalue weighted by molar-refractivity contribution is 5.70. The van der Waals surface area contributed by atoms with Crippen molar-refractivity contribution in [1.29, 1.82) is 0 Å². The van der Waals surface area contributed by atoms with Gasteiger partial charge in [-0.2, -0.15) is 0 Å². The molecule has 0 rings (SSSR count). The summed E-state index contributed by atoms with van der Waals surface area (Å²) in [4.78, 5) is 36.1. The molecule has 8 nitrogen and oxygen atoms in total. The molecule has 0 radical (unpaired) electrons. The Morgan fingerprint density at radius 2 is 1.29 bits per heavy atom. The van der Waals surface area contributed by atoms with Crippen LogP contribution in [0, 0.1) is 0 Å². The molecule has 0 aromatic rings. The van der Waals surface area contributed by atoms with Gasteiger partial charge < -0.3 is 28.6 Å². The molecule has 0 fully saturated rings. The summed E-state index contributed by atoms with van der Waals surface area (Å²) in [5.74, 6) is -1.78. The molecule has 42 heavy (non-hydrogen) atoms. The van der Waals surface area contributed by atoms with Gasteiger partial charge in [-0.25, -0.2) is 0 Å². The van der Waals surface area contributed by atoms with Crippen LogP contribution >= 0.6 is 0 Å². The lowest BCUT2D eigenvalue weighted by atomic mass is 10.1. The van der Waals surface area contributed by atoms with E-state index in [0.29, 0.717) is 12.8 Å². The first-order valence-corrected chi connectivity index (χ1v) is 16.4. The molecule has 0 saturated carbocycles. The Hall–Kier alpha value is -2.19. The summed E-state index contributed by atoms with van der Waals surface area (Å²) in [5.41, 5.74) is 0. The number of hydrogen-bond acceptors (Lipinski definition) is 7. The predicted octanol–water partition coefficient (Wildman–Crippen LogP) is 6.07. The van der Waals surface area contributed by atoms with Crippen molar-refractivity contribution in [3.8, 4) is 0 Å². The van der Waals surface area contributed by atoms with Crippen LogP contribution in [0.3, 0.4) is 0 Å². The van der Waals surface area contributed by atoms with Crippen molar-refractivity contribution in [2.24, 2.45) is 0 Å². The van der Waals surface area contributed by atoms with E-state index in [1.54, 1.807) is 21.1 Å². The molecule has 0 heterocycles. The molecule has 244 valence electrons. The number of allylic oxidation sites excluding steroid dienone is 4. The fourth-order valence-electron chi connectivity index (χ4n) is 4.44. The predicted molar refractivity (Wildman–Crippen MR) is 167 cm³/mol. The van der Waals surface area contributed by atoms with E-state index >= 15 is 0 Å². The molecule has 8 heteroatoms. The smallest absolute Gasteiger partial charge is 0.306 e. The molecule has 0 amide bonds. The van der Waals surface area contributed by atoms with E-state index in [0.717, 1.165) is 70.6 Å². The molecule has 2 unspecified atom stereocenters. The van der Waals surface area contributed by atoms with Crippen LogP contribution in [0.4, 0.5) is 0 Å². The Bertz CT molecular complexity index is 757. The van der Waals surface area contributed by atoms with Gasteiger partial charge in [0, 0.05) is 19.3 Å². The van der Waals surface area contributed by atoms with Crippen LogP contribution in [-0.2, 0) is 28.6 Å². The largest absolute Gasteiger partial charge is 0.544 e. The third kappa shape index (κ3) is 24.4. The average Bonchev–Trinajstić information content (AvgIpc) is 2.93. The lowest BCUT2D eigenvalue weighted by Gasteiger charge is -2.34. The normalized spacial score (nSPS) is 13.5. The number of carboxylic acids is 1. The molecule has 0 N–H and O–H groups in total. The molecule has 0 aliphatic rings. The van der Waals surface area contributed by atoms with Crippen molar-refractivity contribution in [3.63, 3.8) is 0 Å². The summed E-state index contributed by atoms with van der Waals surface area (Å²) in [7, 11) is 5.37. The first-order chi connectivity index (χ1) is 20.1. The van der Waals surface area contributed by atoms with Gasteiger partial charge in [0.05, 0.1) is 40.3 Å². The van der Waals surface area contributed by atoms with Crippen LogP contribution in [0.1, 0.15) is 123 Å². The Morgan fingerprint density at radius 1 is 0.714 bits per heavy atom. The quantitative estimate of drug-likeness (QED) is 0.0468. The first-order valence-electron chi connectivity index (χ1n) is 16.4. The van der Waals surface area contributed by atoms with Crippen LogP contribution in [0.25, 0.3) is 0 Å². The highest BCUT2D eigenvalue weighted by Gasteiger charge is 2.25. The van der Waals surface area contributed by atoms with Crippen molar-refractivity contribution in [3.05, 3.63) is 24.3 Å². The third-order valence-electron chi connectivity index (χ3n) is 7.09. The van der Waals surface area contributed by atoms with E-state index in [2.05, 4.69) is 38.2 Å². The van der Waals surface area contributed by atoms with Gasteiger partial charge in [-0.15, -0.1) is 0 Å². The van der Waals surface area contributed by atoms with Crippen molar-refractivity contribution < 1.29 is 38.2 Å². The van der Waals surface area contributed by atoms with E-state index < -0.39 is 18.1 Å². The summed E-state index contributed by atoms with van der Waals surface area (Å²) < 4.78 is 16.8. The second-order valence-corrected chi connectivity index (χ2v) is 12.0. The zero-order chi connectivity index (χ0) is 31.5. The fraction of sp³-hybridized carbons (Fsp3) is 0.794. The summed E-state index contributed by atoms with van der Waals surface area (Å²) in [6.45, 7) is 4.45. The Labute approximate surface area is 256 Å². The van der Waals surface area contributed by atoms with Crippen molar-refractivity contribution in [2.45, 2.75) is 135 Å². The van der Waals surface area contributed by atoms with Crippen molar-refractivity contribution >= 4 is 17.9 Å². The van der Waals surface area contributed by atoms with Gasteiger partial charge in [0.2, 0.25) is 0 Å².